The smallest absolute Gasteiger partial charge is 0.459 e. The topological polar surface area (TPSA) is 151 Å². The number of benzene rings is 2. The SMILES string of the molecule is CC(C)OC(=O)OCOP(=O)(OCOC(=O)OC(C)C)O[C@@H](C)OC(C(=O)OC1CC2CCC(C1)[N+]21CCCC1)(c1ccccc1)c1ccccc1. The van der Waals surface area contributed by atoms with Gasteiger partial charge in [0.2, 0.25) is 19.2 Å². The highest BCUT2D eigenvalue weighted by molar-refractivity contribution is 7.48. The van der Waals surface area contributed by atoms with E-state index >= 15 is 0 Å². The average molecular weight is 749 g/mol. The van der Waals surface area contributed by atoms with Crippen LogP contribution in [-0.4, -0.2) is 86.1 Å². The fourth-order valence-corrected chi connectivity index (χ4v) is 8.72. The summed E-state index contributed by atoms with van der Waals surface area (Å²) >= 11 is 0. The van der Waals surface area contributed by atoms with Gasteiger partial charge in [-0.2, -0.15) is 0 Å². The van der Waals surface area contributed by atoms with Crippen LogP contribution in [0.3, 0.4) is 0 Å². The Hall–Kier alpha value is -3.52. The first-order chi connectivity index (χ1) is 24.8. The first kappa shape index (κ1) is 39.7. The molecule has 14 nitrogen and oxygen atoms in total. The number of ether oxygens (including phenoxy) is 6. The Morgan fingerprint density at radius 3 is 1.65 bits per heavy atom. The number of carbonyl (C=O) groups is 3. The maximum Gasteiger partial charge on any atom is 0.510 e. The predicted molar refractivity (Wildman–Crippen MR) is 185 cm³/mol. The normalized spacial score (nSPS) is 21.6. The minimum absolute atomic E-state index is 0.316. The number of quaternary nitrogens is 1. The second-order valence-corrected chi connectivity index (χ2v) is 15.5. The molecule has 0 N–H and O–H groups in total. The lowest BCUT2D eigenvalue weighted by Crippen LogP contribution is -2.60. The molecule has 3 aliphatic heterocycles. The molecule has 0 aromatic heterocycles. The third-order valence-corrected chi connectivity index (χ3v) is 11.1. The van der Waals surface area contributed by atoms with E-state index < -0.39 is 63.8 Å². The van der Waals surface area contributed by atoms with Gasteiger partial charge in [0.05, 0.1) is 37.4 Å². The lowest BCUT2D eigenvalue weighted by atomic mass is 9.85. The number of rotatable bonds is 16. The third kappa shape index (κ3) is 9.52. The number of phosphoric ester groups is 1. The molecular formula is C37H51NO13P+. The zero-order valence-electron chi connectivity index (χ0n) is 30.5. The van der Waals surface area contributed by atoms with Gasteiger partial charge in [-0.15, -0.1) is 0 Å². The molecule has 0 aliphatic carbocycles. The van der Waals surface area contributed by atoms with E-state index in [1.807, 2.05) is 12.1 Å². The fraction of sp³-hybridized carbons (Fsp3) is 0.595. The second kappa shape index (κ2) is 17.5. The number of nitrogens with zero attached hydrogens (tertiary/aromatic N) is 1. The molecule has 15 heteroatoms. The summed E-state index contributed by atoms with van der Waals surface area (Å²) in [6, 6.07) is 18.6. The van der Waals surface area contributed by atoms with Gasteiger partial charge < -0.3 is 32.9 Å². The molecule has 3 aliphatic rings. The van der Waals surface area contributed by atoms with E-state index in [9.17, 15) is 18.9 Å². The van der Waals surface area contributed by atoms with Gasteiger partial charge in [0.15, 0.2) is 6.29 Å². The van der Waals surface area contributed by atoms with Crippen LogP contribution < -0.4 is 0 Å². The van der Waals surface area contributed by atoms with Crippen molar-refractivity contribution >= 4 is 26.1 Å². The van der Waals surface area contributed by atoms with Gasteiger partial charge in [-0.3, -0.25) is 4.52 Å². The summed E-state index contributed by atoms with van der Waals surface area (Å²) in [5, 5.41) is 0. The minimum atomic E-state index is -4.76. The van der Waals surface area contributed by atoms with Gasteiger partial charge in [-0.05, 0) is 45.7 Å². The molecule has 2 aromatic rings. The van der Waals surface area contributed by atoms with Crippen molar-refractivity contribution in [3.8, 4) is 0 Å². The molecule has 3 fully saturated rings. The number of hydrogen-bond acceptors (Lipinski definition) is 13. The van der Waals surface area contributed by atoms with E-state index in [4.69, 9.17) is 42.0 Å². The molecule has 5 rings (SSSR count). The van der Waals surface area contributed by atoms with Crippen molar-refractivity contribution in [1.82, 2.24) is 0 Å². The van der Waals surface area contributed by atoms with Gasteiger partial charge in [-0.1, -0.05) is 60.7 Å². The highest BCUT2D eigenvalue weighted by Crippen LogP contribution is 2.52. The van der Waals surface area contributed by atoms with Crippen molar-refractivity contribution < 1.29 is 65.4 Å². The summed E-state index contributed by atoms with van der Waals surface area (Å²) in [6.07, 6.45) is 1.26. The Morgan fingerprint density at radius 1 is 0.750 bits per heavy atom. The predicted octanol–water partition coefficient (Wildman–Crippen LogP) is 7.34. The van der Waals surface area contributed by atoms with E-state index in [0.717, 1.165) is 30.2 Å². The van der Waals surface area contributed by atoms with Crippen LogP contribution in [0.5, 0.6) is 0 Å². The van der Waals surface area contributed by atoms with Crippen LogP contribution in [0.2, 0.25) is 0 Å². The number of carbonyl (C=O) groups excluding carboxylic acids is 3. The Morgan fingerprint density at radius 2 is 1.21 bits per heavy atom. The molecule has 3 atom stereocenters. The van der Waals surface area contributed by atoms with Crippen molar-refractivity contribution in [1.29, 1.82) is 0 Å². The lowest BCUT2D eigenvalue weighted by Gasteiger charge is -2.47. The van der Waals surface area contributed by atoms with Crippen LogP contribution in [0.1, 0.15) is 84.3 Å². The van der Waals surface area contributed by atoms with E-state index in [2.05, 4.69) is 0 Å². The number of hydrogen-bond donors (Lipinski definition) is 0. The molecule has 2 bridgehead atoms. The van der Waals surface area contributed by atoms with Crippen LogP contribution in [-0.2, 0) is 57.0 Å². The van der Waals surface area contributed by atoms with Crippen LogP contribution in [0.4, 0.5) is 9.59 Å². The zero-order chi connectivity index (χ0) is 37.4. The monoisotopic (exact) mass is 748 g/mol. The molecule has 2 aromatic carbocycles. The molecule has 2 unspecified atom stereocenters. The summed E-state index contributed by atoms with van der Waals surface area (Å²) in [7, 11) is -4.76. The fourth-order valence-electron chi connectivity index (χ4n) is 7.75. The van der Waals surface area contributed by atoms with E-state index in [0.29, 0.717) is 23.2 Å². The summed E-state index contributed by atoms with van der Waals surface area (Å²) in [4.78, 5) is 38.7. The van der Waals surface area contributed by atoms with Crippen molar-refractivity contribution in [3.05, 3.63) is 71.8 Å². The highest BCUT2D eigenvalue weighted by atomic mass is 31.2. The van der Waals surface area contributed by atoms with E-state index in [1.165, 1.54) is 32.9 Å². The number of phosphoric acid groups is 1. The molecule has 0 radical (unpaired) electrons. The Balaban J connectivity index is 1.39. The van der Waals surface area contributed by atoms with Gasteiger partial charge >= 0.3 is 26.1 Å². The van der Waals surface area contributed by atoms with E-state index in [-0.39, 0.29) is 6.10 Å². The Labute approximate surface area is 305 Å². The second-order valence-electron chi connectivity index (χ2n) is 13.9. The number of esters is 1. The average Bonchev–Trinajstić information content (AvgIpc) is 3.63. The molecular weight excluding hydrogens is 697 g/mol. The van der Waals surface area contributed by atoms with E-state index in [1.54, 1.807) is 76.2 Å². The molecule has 3 saturated heterocycles. The van der Waals surface area contributed by atoms with Gasteiger partial charge in [0, 0.05) is 38.5 Å². The summed E-state index contributed by atoms with van der Waals surface area (Å²) < 4.78 is 63.9. The van der Waals surface area contributed by atoms with Crippen LogP contribution in [0.15, 0.2) is 60.7 Å². The van der Waals surface area contributed by atoms with Crippen molar-refractivity contribution in [2.75, 3.05) is 26.7 Å². The lowest BCUT2D eigenvalue weighted by molar-refractivity contribution is -0.956. The maximum atomic E-state index is 14.8. The summed E-state index contributed by atoms with van der Waals surface area (Å²) in [5.74, 6) is -0.657. The standard InChI is InChI=1S/C37H51NO13P/c1-26(2)47-35(40)43-24-45-52(42,46-25-44-36(41)48-27(3)4)51-28(5)50-37(29-14-8-6-9-15-29,30-16-10-7-11-17-30)34(39)49-33-22-31-18-19-32(23-33)38(31)20-12-13-21-38/h6-11,14-17,26-28,31-33H,12-13,18-25H2,1-5H3/q+1/t28-,31?,32?,33?/m0/s1. The van der Waals surface area contributed by atoms with Crippen molar-refractivity contribution in [2.45, 2.75) is 115 Å². The summed E-state index contributed by atoms with van der Waals surface area (Å²) in [6.45, 7) is 8.41. The van der Waals surface area contributed by atoms with Crippen LogP contribution in [0, 0.1) is 0 Å². The maximum absolute atomic E-state index is 14.8. The number of piperidine rings is 1. The first-order valence-electron chi connectivity index (χ1n) is 18.0. The van der Waals surface area contributed by atoms with Crippen molar-refractivity contribution in [2.24, 2.45) is 0 Å². The van der Waals surface area contributed by atoms with Crippen LogP contribution in [0.25, 0.3) is 0 Å². The first-order valence-corrected chi connectivity index (χ1v) is 19.4. The zero-order valence-corrected chi connectivity index (χ0v) is 31.4. The van der Waals surface area contributed by atoms with Gasteiger partial charge in [0.25, 0.3) is 0 Å². The minimum Gasteiger partial charge on any atom is -0.459 e. The van der Waals surface area contributed by atoms with Gasteiger partial charge in [-0.25, -0.2) is 28.0 Å². The Bertz CT molecular complexity index is 1450. The molecule has 0 saturated carbocycles. The molecule has 52 heavy (non-hydrogen) atoms. The van der Waals surface area contributed by atoms with Gasteiger partial charge in [0.1, 0.15) is 6.10 Å². The van der Waals surface area contributed by atoms with Crippen molar-refractivity contribution in [3.63, 3.8) is 0 Å². The molecule has 3 heterocycles. The third-order valence-electron chi connectivity index (χ3n) is 9.74. The molecule has 286 valence electrons. The Kier molecular flexibility index (Phi) is 13.4. The quantitative estimate of drug-likeness (QED) is 0.0554. The largest absolute Gasteiger partial charge is 0.510 e. The summed E-state index contributed by atoms with van der Waals surface area (Å²) in [5.41, 5.74) is -1.00. The molecule has 1 spiro atoms. The highest BCUT2D eigenvalue weighted by Gasteiger charge is 2.57. The molecule has 0 amide bonds. The van der Waals surface area contributed by atoms with Crippen LogP contribution >= 0.6 is 7.82 Å².